The molecule has 8 heteroatoms. The minimum Gasteiger partial charge on any atom is -0.394 e. The predicted molar refractivity (Wildman–Crippen MR) is 89.9 cm³/mol. The van der Waals surface area contributed by atoms with Gasteiger partial charge in [-0.25, -0.2) is 4.67 Å². The highest BCUT2D eigenvalue weighted by Crippen LogP contribution is 2.45. The summed E-state index contributed by atoms with van der Waals surface area (Å²) in [5.74, 6) is 0. The highest BCUT2D eigenvalue weighted by atomic mass is 31.2. The maximum atomic E-state index is 8.65. The number of aliphatic hydroxyl groups is 1. The lowest BCUT2D eigenvalue weighted by Gasteiger charge is -2.35. The van der Waals surface area contributed by atoms with Crippen molar-refractivity contribution in [3.8, 4) is 6.07 Å². The lowest BCUT2D eigenvalue weighted by Crippen LogP contribution is -2.34. The summed E-state index contributed by atoms with van der Waals surface area (Å²) >= 11 is 0. The van der Waals surface area contributed by atoms with Gasteiger partial charge in [-0.2, -0.15) is 5.26 Å². The quantitative estimate of drug-likeness (QED) is 0.358. The van der Waals surface area contributed by atoms with Crippen molar-refractivity contribution >= 4 is 8.53 Å². The third-order valence-electron chi connectivity index (χ3n) is 2.70. The van der Waals surface area contributed by atoms with E-state index in [-0.39, 0.29) is 18.7 Å². The van der Waals surface area contributed by atoms with Gasteiger partial charge in [0.25, 0.3) is 8.53 Å². The van der Waals surface area contributed by atoms with Crippen LogP contribution in [0.1, 0.15) is 34.1 Å². The fourth-order valence-electron chi connectivity index (χ4n) is 1.87. The smallest absolute Gasteiger partial charge is 0.259 e. The number of ether oxygens (including phenoxy) is 2. The third kappa shape index (κ3) is 11.8. The van der Waals surface area contributed by atoms with Crippen molar-refractivity contribution < 1.29 is 23.6 Å². The van der Waals surface area contributed by atoms with Crippen LogP contribution >= 0.6 is 8.53 Å². The highest BCUT2D eigenvalue weighted by Gasteiger charge is 2.26. The SMILES string of the molecule is CC(C)N(C(C)C)P(OCCC#N)OCCOCCOCCO. The maximum Gasteiger partial charge on any atom is 0.259 e. The Balaban J connectivity index is 4.13. The van der Waals surface area contributed by atoms with Gasteiger partial charge in [-0.05, 0) is 27.7 Å². The molecule has 136 valence electrons. The van der Waals surface area contributed by atoms with Gasteiger partial charge in [0, 0.05) is 12.1 Å². The Bertz CT molecular complexity index is 305. The largest absolute Gasteiger partial charge is 0.394 e. The molecular formula is C15H31N2O5P. The molecule has 0 fully saturated rings. The number of aliphatic hydroxyl groups excluding tert-OH is 1. The Labute approximate surface area is 141 Å². The normalized spacial score (nSPS) is 13.0. The summed E-state index contributed by atoms with van der Waals surface area (Å²) in [6.45, 7) is 10.9. The van der Waals surface area contributed by atoms with E-state index in [1.165, 1.54) is 0 Å². The molecule has 23 heavy (non-hydrogen) atoms. The summed E-state index contributed by atoms with van der Waals surface area (Å²) in [5, 5.41) is 17.2. The van der Waals surface area contributed by atoms with E-state index >= 15 is 0 Å². The average Bonchev–Trinajstić information content (AvgIpc) is 2.49. The molecule has 1 N–H and O–H groups in total. The zero-order chi connectivity index (χ0) is 17.5. The molecule has 7 nitrogen and oxygen atoms in total. The van der Waals surface area contributed by atoms with Crippen LogP contribution in [0.25, 0.3) is 0 Å². The van der Waals surface area contributed by atoms with Crippen LogP contribution in [0.2, 0.25) is 0 Å². The van der Waals surface area contributed by atoms with E-state index < -0.39 is 8.53 Å². The van der Waals surface area contributed by atoms with Crippen LogP contribution in [0, 0.1) is 11.3 Å². The van der Waals surface area contributed by atoms with Crippen LogP contribution in [-0.4, -0.2) is 68.1 Å². The van der Waals surface area contributed by atoms with E-state index in [1.54, 1.807) is 0 Å². The van der Waals surface area contributed by atoms with Crippen LogP contribution in [-0.2, 0) is 18.5 Å². The molecule has 1 unspecified atom stereocenters. The maximum absolute atomic E-state index is 8.65. The Morgan fingerprint density at radius 3 is 1.96 bits per heavy atom. The number of nitriles is 1. The summed E-state index contributed by atoms with van der Waals surface area (Å²) in [6, 6.07) is 2.65. The minimum atomic E-state index is -1.21. The second-order valence-electron chi connectivity index (χ2n) is 5.33. The molecule has 0 amide bonds. The van der Waals surface area contributed by atoms with Crippen molar-refractivity contribution in [3.63, 3.8) is 0 Å². The van der Waals surface area contributed by atoms with Crippen molar-refractivity contribution in [3.05, 3.63) is 0 Å². The molecule has 0 rings (SSSR count). The molecule has 0 radical (unpaired) electrons. The molecule has 0 heterocycles. The molecule has 0 aromatic carbocycles. The third-order valence-corrected chi connectivity index (χ3v) is 4.81. The van der Waals surface area contributed by atoms with Gasteiger partial charge in [-0.15, -0.1) is 0 Å². The number of hydrogen-bond donors (Lipinski definition) is 1. The van der Waals surface area contributed by atoms with Gasteiger partial charge in [0.05, 0.1) is 58.7 Å². The van der Waals surface area contributed by atoms with E-state index in [1.807, 2.05) is 0 Å². The summed E-state index contributed by atoms with van der Waals surface area (Å²) in [7, 11) is -1.21. The molecule has 0 saturated carbocycles. The van der Waals surface area contributed by atoms with Crippen molar-refractivity contribution in [1.29, 1.82) is 5.26 Å². The molecule has 0 spiro atoms. The van der Waals surface area contributed by atoms with Crippen molar-refractivity contribution in [1.82, 2.24) is 4.67 Å². The second-order valence-corrected chi connectivity index (χ2v) is 6.78. The number of nitrogens with zero attached hydrogens (tertiary/aromatic N) is 2. The standard InChI is InChI=1S/C15H31N2O5P/c1-14(2)17(15(3)4)23(21-8-5-6-16)22-13-12-20-11-10-19-9-7-18/h14-15,18H,5,7-13H2,1-4H3. The first-order chi connectivity index (χ1) is 11.0. The highest BCUT2D eigenvalue weighted by molar-refractivity contribution is 7.44. The average molecular weight is 350 g/mol. The zero-order valence-electron chi connectivity index (χ0n) is 14.7. The molecule has 0 aliphatic carbocycles. The predicted octanol–water partition coefficient (Wildman–Crippen LogP) is 2.30. The Hall–Kier alpha value is -0.320. The summed E-state index contributed by atoms with van der Waals surface area (Å²) in [5.41, 5.74) is 0. The van der Waals surface area contributed by atoms with E-state index in [2.05, 4.69) is 38.4 Å². The molecule has 0 aliphatic rings. The van der Waals surface area contributed by atoms with E-state index in [9.17, 15) is 0 Å². The van der Waals surface area contributed by atoms with Gasteiger partial charge < -0.3 is 23.6 Å². The number of hydrogen-bond acceptors (Lipinski definition) is 7. The first kappa shape index (κ1) is 22.7. The summed E-state index contributed by atoms with van der Waals surface area (Å²) in [4.78, 5) is 0. The fraction of sp³-hybridized carbons (Fsp3) is 0.933. The summed E-state index contributed by atoms with van der Waals surface area (Å²) < 4.78 is 24.3. The molecule has 0 aliphatic heterocycles. The molecular weight excluding hydrogens is 319 g/mol. The molecule has 0 bridgehead atoms. The zero-order valence-corrected chi connectivity index (χ0v) is 15.6. The van der Waals surface area contributed by atoms with Gasteiger partial charge in [-0.1, -0.05) is 0 Å². The van der Waals surface area contributed by atoms with Gasteiger partial charge in [0.1, 0.15) is 0 Å². The van der Waals surface area contributed by atoms with Crippen molar-refractivity contribution in [2.75, 3.05) is 46.2 Å². The first-order valence-electron chi connectivity index (χ1n) is 8.02. The summed E-state index contributed by atoms with van der Waals surface area (Å²) in [6.07, 6.45) is 0.352. The molecule has 1 atom stereocenters. The van der Waals surface area contributed by atoms with Crippen LogP contribution in [0.3, 0.4) is 0 Å². The van der Waals surface area contributed by atoms with Gasteiger partial charge in [-0.3, -0.25) is 0 Å². The lowest BCUT2D eigenvalue weighted by atomic mass is 10.3. The Morgan fingerprint density at radius 2 is 1.43 bits per heavy atom. The molecule has 0 aromatic heterocycles. The van der Waals surface area contributed by atoms with Gasteiger partial charge in [0.15, 0.2) is 0 Å². The van der Waals surface area contributed by atoms with Crippen molar-refractivity contribution in [2.24, 2.45) is 0 Å². The minimum absolute atomic E-state index is 0.0215. The first-order valence-corrected chi connectivity index (χ1v) is 9.15. The van der Waals surface area contributed by atoms with Crippen molar-refractivity contribution in [2.45, 2.75) is 46.2 Å². The van der Waals surface area contributed by atoms with E-state index in [0.717, 1.165) is 0 Å². The lowest BCUT2D eigenvalue weighted by molar-refractivity contribution is 0.0227. The molecule has 0 aromatic rings. The van der Waals surface area contributed by atoms with Crippen LogP contribution in [0.5, 0.6) is 0 Å². The van der Waals surface area contributed by atoms with E-state index in [4.69, 9.17) is 28.9 Å². The Morgan fingerprint density at radius 1 is 0.913 bits per heavy atom. The second kappa shape index (κ2) is 15.2. The topological polar surface area (TPSA) is 84.2 Å². The monoisotopic (exact) mass is 350 g/mol. The van der Waals surface area contributed by atoms with Gasteiger partial charge >= 0.3 is 0 Å². The van der Waals surface area contributed by atoms with Crippen LogP contribution in [0.15, 0.2) is 0 Å². The fourth-order valence-corrected chi connectivity index (χ4v) is 3.45. The van der Waals surface area contributed by atoms with Crippen LogP contribution in [0.4, 0.5) is 0 Å². The van der Waals surface area contributed by atoms with Gasteiger partial charge in [0.2, 0.25) is 0 Å². The van der Waals surface area contributed by atoms with Crippen LogP contribution < -0.4 is 0 Å². The molecule has 0 saturated heterocycles. The van der Waals surface area contributed by atoms with E-state index in [0.29, 0.717) is 46.1 Å². The Kier molecular flexibility index (Phi) is 15.0. The number of rotatable bonds is 15.